The molecule has 33 heavy (non-hydrogen) atoms. The zero-order chi connectivity index (χ0) is 23.2. The number of ether oxygens (including phenoxy) is 1. The summed E-state index contributed by atoms with van der Waals surface area (Å²) in [5, 5.41) is 3.40. The van der Waals surface area contributed by atoms with Crippen LogP contribution in [0.3, 0.4) is 0 Å². The summed E-state index contributed by atoms with van der Waals surface area (Å²) in [6, 6.07) is 21.2. The summed E-state index contributed by atoms with van der Waals surface area (Å²) < 4.78 is 8.18. The molecule has 1 amide bonds. The van der Waals surface area contributed by atoms with Crippen molar-refractivity contribution in [1.82, 2.24) is 14.9 Å². The molecule has 4 rings (SSSR count). The van der Waals surface area contributed by atoms with Crippen LogP contribution in [0.1, 0.15) is 40.2 Å². The topological polar surface area (TPSA) is 56.1 Å². The van der Waals surface area contributed by atoms with E-state index in [1.807, 2.05) is 36.4 Å². The molecule has 0 saturated heterocycles. The lowest BCUT2D eigenvalue weighted by Gasteiger charge is -2.12. The molecule has 0 atom stereocenters. The number of unbranched alkanes of at least 4 members (excludes halogenated alkanes) is 1. The number of nitrogens with one attached hydrogen (secondary N) is 1. The van der Waals surface area contributed by atoms with Crippen LogP contribution in [-0.4, -0.2) is 22.1 Å². The molecule has 0 aliphatic rings. The van der Waals surface area contributed by atoms with Gasteiger partial charge in [0.2, 0.25) is 0 Å². The molecule has 6 heteroatoms. The lowest BCUT2D eigenvalue weighted by Crippen LogP contribution is -2.25. The van der Waals surface area contributed by atoms with Gasteiger partial charge in [-0.25, -0.2) is 4.98 Å². The number of amides is 1. The van der Waals surface area contributed by atoms with Crippen LogP contribution in [0.15, 0.2) is 66.7 Å². The monoisotopic (exact) mass is 461 g/mol. The quantitative estimate of drug-likeness (QED) is 0.306. The lowest BCUT2D eigenvalue weighted by atomic mass is 10.1. The molecule has 1 N–H and O–H groups in total. The third-order valence-corrected chi connectivity index (χ3v) is 6.18. The molecular formula is C27H28ClN3O2. The highest BCUT2D eigenvalue weighted by atomic mass is 35.5. The maximum Gasteiger partial charge on any atom is 0.253 e. The van der Waals surface area contributed by atoms with Crippen LogP contribution in [0.5, 0.6) is 5.75 Å². The van der Waals surface area contributed by atoms with E-state index in [1.165, 1.54) is 11.1 Å². The molecule has 1 aromatic heterocycles. The number of para-hydroxylation sites is 2. The second-order valence-electron chi connectivity index (χ2n) is 8.08. The predicted octanol–water partition coefficient (Wildman–Crippen LogP) is 6.10. The molecule has 170 valence electrons. The number of aryl methyl sites for hydroxylation is 2. The largest absolute Gasteiger partial charge is 0.493 e. The first-order valence-corrected chi connectivity index (χ1v) is 11.6. The third-order valence-electron chi connectivity index (χ3n) is 5.85. The molecule has 4 aromatic rings. The van der Waals surface area contributed by atoms with Crippen molar-refractivity contribution in [3.8, 4) is 5.75 Å². The van der Waals surface area contributed by atoms with Gasteiger partial charge in [-0.15, -0.1) is 0 Å². The van der Waals surface area contributed by atoms with Gasteiger partial charge < -0.3 is 14.6 Å². The van der Waals surface area contributed by atoms with Gasteiger partial charge in [0.1, 0.15) is 11.6 Å². The highest BCUT2D eigenvalue weighted by Crippen LogP contribution is 2.21. The minimum Gasteiger partial charge on any atom is -0.493 e. The Morgan fingerprint density at radius 1 is 1.00 bits per heavy atom. The average Bonchev–Trinajstić information content (AvgIpc) is 3.17. The summed E-state index contributed by atoms with van der Waals surface area (Å²) in [4.78, 5) is 17.4. The summed E-state index contributed by atoms with van der Waals surface area (Å²) in [5.41, 5.74) is 4.88. The number of hydrogen-bond donors (Lipinski definition) is 1. The van der Waals surface area contributed by atoms with E-state index in [1.54, 1.807) is 18.2 Å². The Morgan fingerprint density at radius 3 is 2.64 bits per heavy atom. The summed E-state index contributed by atoms with van der Waals surface area (Å²) in [7, 11) is 0. The van der Waals surface area contributed by atoms with Crippen molar-refractivity contribution < 1.29 is 9.53 Å². The fraction of sp³-hybridized carbons (Fsp3) is 0.259. The van der Waals surface area contributed by atoms with E-state index < -0.39 is 0 Å². The Labute approximate surface area is 199 Å². The fourth-order valence-corrected chi connectivity index (χ4v) is 4.07. The molecule has 0 aliphatic heterocycles. The molecular weight excluding hydrogens is 434 g/mol. The number of carbonyl (C=O) groups is 1. The Kier molecular flexibility index (Phi) is 7.30. The van der Waals surface area contributed by atoms with Crippen LogP contribution < -0.4 is 10.1 Å². The molecule has 5 nitrogen and oxygen atoms in total. The van der Waals surface area contributed by atoms with E-state index in [-0.39, 0.29) is 5.91 Å². The Hall–Kier alpha value is -3.31. The number of nitrogens with zero attached hydrogens (tertiary/aromatic N) is 2. The number of halogens is 1. The first kappa shape index (κ1) is 22.9. The molecule has 0 spiro atoms. The van der Waals surface area contributed by atoms with E-state index in [4.69, 9.17) is 21.3 Å². The Balaban J connectivity index is 1.39. The SMILES string of the molecule is Cc1cccc(OCCCCn2c(CNC(=O)c3ccccc3Cl)nc3ccccc32)c1C. The minimum atomic E-state index is -0.207. The fourth-order valence-electron chi connectivity index (χ4n) is 3.84. The summed E-state index contributed by atoms with van der Waals surface area (Å²) in [6.45, 7) is 5.98. The molecule has 0 unspecified atom stereocenters. The van der Waals surface area contributed by atoms with Crippen molar-refractivity contribution >= 4 is 28.5 Å². The van der Waals surface area contributed by atoms with Gasteiger partial charge in [-0.3, -0.25) is 4.79 Å². The third kappa shape index (κ3) is 5.37. The maximum absolute atomic E-state index is 12.6. The molecule has 0 radical (unpaired) electrons. The van der Waals surface area contributed by atoms with E-state index >= 15 is 0 Å². The summed E-state index contributed by atoms with van der Waals surface area (Å²) >= 11 is 6.16. The van der Waals surface area contributed by atoms with Crippen LogP contribution in [0.2, 0.25) is 5.02 Å². The van der Waals surface area contributed by atoms with Crippen molar-refractivity contribution in [3.05, 3.63) is 94.3 Å². The molecule has 1 heterocycles. The van der Waals surface area contributed by atoms with Crippen LogP contribution in [0.25, 0.3) is 11.0 Å². The van der Waals surface area contributed by atoms with Crippen LogP contribution >= 0.6 is 11.6 Å². The number of rotatable bonds is 9. The van der Waals surface area contributed by atoms with E-state index in [9.17, 15) is 4.79 Å². The van der Waals surface area contributed by atoms with Gasteiger partial charge in [0.15, 0.2) is 0 Å². The molecule has 0 saturated carbocycles. The van der Waals surface area contributed by atoms with Gasteiger partial charge in [-0.05, 0) is 68.1 Å². The normalized spacial score (nSPS) is 11.0. The molecule has 0 aliphatic carbocycles. The van der Waals surface area contributed by atoms with Gasteiger partial charge in [0.25, 0.3) is 5.91 Å². The zero-order valence-corrected chi connectivity index (χ0v) is 19.7. The van der Waals surface area contributed by atoms with Crippen molar-refractivity contribution in [2.45, 2.75) is 39.8 Å². The van der Waals surface area contributed by atoms with Gasteiger partial charge in [0.05, 0.1) is 34.8 Å². The highest BCUT2D eigenvalue weighted by molar-refractivity contribution is 6.33. The first-order valence-electron chi connectivity index (χ1n) is 11.2. The molecule has 0 fully saturated rings. The smallest absolute Gasteiger partial charge is 0.253 e. The number of benzene rings is 3. The van der Waals surface area contributed by atoms with Crippen LogP contribution in [-0.2, 0) is 13.1 Å². The first-order chi connectivity index (χ1) is 16.0. The lowest BCUT2D eigenvalue weighted by molar-refractivity contribution is 0.0949. The average molecular weight is 462 g/mol. The maximum atomic E-state index is 12.6. The van der Waals surface area contributed by atoms with E-state index in [0.717, 1.165) is 42.0 Å². The number of imidazole rings is 1. The van der Waals surface area contributed by atoms with Crippen molar-refractivity contribution in [3.63, 3.8) is 0 Å². The van der Waals surface area contributed by atoms with Crippen LogP contribution in [0, 0.1) is 13.8 Å². The number of carbonyl (C=O) groups excluding carboxylic acids is 1. The van der Waals surface area contributed by atoms with E-state index in [2.05, 4.69) is 35.9 Å². The van der Waals surface area contributed by atoms with Crippen molar-refractivity contribution in [2.24, 2.45) is 0 Å². The summed E-state index contributed by atoms with van der Waals surface area (Å²) in [5.74, 6) is 1.57. The van der Waals surface area contributed by atoms with Crippen molar-refractivity contribution in [2.75, 3.05) is 6.61 Å². The van der Waals surface area contributed by atoms with Gasteiger partial charge >= 0.3 is 0 Å². The van der Waals surface area contributed by atoms with Gasteiger partial charge in [0, 0.05) is 6.54 Å². The highest BCUT2D eigenvalue weighted by Gasteiger charge is 2.14. The second kappa shape index (κ2) is 10.5. The number of aromatic nitrogens is 2. The Bertz CT molecular complexity index is 1270. The van der Waals surface area contributed by atoms with Crippen molar-refractivity contribution in [1.29, 1.82) is 0 Å². The zero-order valence-electron chi connectivity index (χ0n) is 19.0. The van der Waals surface area contributed by atoms with Crippen LogP contribution in [0.4, 0.5) is 0 Å². The van der Waals surface area contributed by atoms with E-state index in [0.29, 0.717) is 23.7 Å². The molecule has 0 bridgehead atoms. The van der Waals surface area contributed by atoms with Gasteiger partial charge in [-0.1, -0.05) is 48.0 Å². The number of hydrogen-bond acceptors (Lipinski definition) is 3. The Morgan fingerprint density at radius 2 is 1.79 bits per heavy atom. The molecule has 3 aromatic carbocycles. The minimum absolute atomic E-state index is 0.207. The number of fused-ring (bicyclic) bond motifs is 1. The second-order valence-corrected chi connectivity index (χ2v) is 8.49. The summed E-state index contributed by atoms with van der Waals surface area (Å²) in [6.07, 6.45) is 1.86. The van der Waals surface area contributed by atoms with Gasteiger partial charge in [-0.2, -0.15) is 0 Å². The standard InChI is InChI=1S/C27H28ClN3O2/c1-19-10-9-15-25(20(19)2)33-17-8-7-16-31-24-14-6-5-13-23(24)30-26(31)18-29-27(32)21-11-3-4-12-22(21)28/h3-6,9-15H,7-8,16-18H2,1-2H3,(H,29,32). The predicted molar refractivity (Wildman–Crippen MR) is 133 cm³/mol.